The molecule has 0 aromatic heterocycles. The second kappa shape index (κ2) is 11.4. The van der Waals surface area contributed by atoms with Gasteiger partial charge in [-0.1, -0.05) is 0 Å². The lowest BCUT2D eigenvalue weighted by molar-refractivity contribution is -0.440. The summed E-state index contributed by atoms with van der Waals surface area (Å²) in [5.74, 6) is -62.6. The van der Waals surface area contributed by atoms with Crippen molar-refractivity contribution in [1.29, 1.82) is 0 Å². The monoisotopic (exact) mass is 681 g/mol. The van der Waals surface area contributed by atoms with Crippen LogP contribution in [0.5, 0.6) is 0 Å². The molecule has 0 radical (unpaired) electrons. The first-order valence-corrected chi connectivity index (χ1v) is 10.1. The van der Waals surface area contributed by atoms with E-state index in [4.69, 9.17) is 5.11 Å². The van der Waals surface area contributed by atoms with Gasteiger partial charge in [-0.25, -0.2) is 0 Å². The normalized spacial score (nSPS) is 15.9. The van der Waals surface area contributed by atoms with Crippen molar-refractivity contribution in [2.75, 3.05) is 19.6 Å². The predicted molar refractivity (Wildman–Crippen MR) is 89.6 cm³/mol. The van der Waals surface area contributed by atoms with Crippen molar-refractivity contribution in [2.45, 2.75) is 79.0 Å². The fourth-order valence-electron chi connectivity index (χ4n) is 2.71. The Hall–Kier alpha value is -2.11. The molecule has 0 spiro atoms. The Morgan fingerprint density at radius 1 is 0.429 bits per heavy atom. The molecule has 42 heavy (non-hydrogen) atoms. The van der Waals surface area contributed by atoms with Gasteiger partial charge in [0.25, 0.3) is 0 Å². The molecule has 3 nitrogen and oxygen atoms in total. The zero-order valence-electron chi connectivity index (χ0n) is 19.4. The summed E-state index contributed by atoms with van der Waals surface area (Å²) in [4.78, 5) is 10.1. The maximum atomic E-state index is 13.9. The minimum Gasteiger partial charge on any atom is -0.481 e. The Balaban J connectivity index is 6.20. The molecule has 0 aromatic rings. The highest BCUT2D eigenvalue weighted by atomic mass is 19.4. The highest BCUT2D eigenvalue weighted by Gasteiger charge is 2.90. The van der Waals surface area contributed by atoms with Crippen LogP contribution in [0.1, 0.15) is 19.3 Å². The summed E-state index contributed by atoms with van der Waals surface area (Å²) in [5, 5.41) is 8.48. The number of aliphatic carboxylic acids is 1. The number of alkyl halides is 22. The van der Waals surface area contributed by atoms with E-state index in [1.807, 2.05) is 0 Å². The molecule has 25 heteroatoms. The van der Waals surface area contributed by atoms with Crippen LogP contribution in [0.25, 0.3) is 0 Å². The van der Waals surface area contributed by atoms with Gasteiger partial charge in [0.1, 0.15) is 0 Å². The summed E-state index contributed by atoms with van der Waals surface area (Å²) >= 11 is 0. The summed E-state index contributed by atoms with van der Waals surface area (Å²) in [6.07, 6.45) is -22.6. The van der Waals surface area contributed by atoms with Gasteiger partial charge in [0.15, 0.2) is 0 Å². The summed E-state index contributed by atoms with van der Waals surface area (Å²) in [5.41, 5.74) is 0. The van der Waals surface area contributed by atoms with Crippen molar-refractivity contribution in [3.05, 3.63) is 0 Å². The fourth-order valence-corrected chi connectivity index (χ4v) is 2.71. The van der Waals surface area contributed by atoms with Crippen LogP contribution in [0.3, 0.4) is 0 Å². The SMILES string of the molecule is O=C(O)CCN(CCC(F)(F)C(F)(F)C(F)(F)C(F)(F)F)CCC(F)(F)C(F)(F)C(F)(F)C(F)(F)C(F)(F)C(F)(F)F. The molecule has 0 heterocycles. The fraction of sp³-hybridized carbons (Fsp3) is 0.941. The molecule has 0 aliphatic rings. The van der Waals surface area contributed by atoms with Gasteiger partial charge in [0, 0.05) is 32.5 Å². The first-order chi connectivity index (χ1) is 18.0. The lowest BCUT2D eigenvalue weighted by Crippen LogP contribution is -2.70. The van der Waals surface area contributed by atoms with Crippen LogP contribution in [-0.4, -0.2) is 95.3 Å². The number of carboxylic acid groups (broad SMARTS) is 1. The minimum absolute atomic E-state index is 0.464. The number of carboxylic acids is 1. The first-order valence-electron chi connectivity index (χ1n) is 10.1. The highest BCUT2D eigenvalue weighted by Crippen LogP contribution is 2.61. The lowest BCUT2D eigenvalue weighted by Gasteiger charge is -2.40. The zero-order chi connectivity index (χ0) is 34.4. The number of hydrogen-bond donors (Lipinski definition) is 1. The summed E-state index contributed by atoms with van der Waals surface area (Å²) in [6.45, 7) is -6.04. The summed E-state index contributed by atoms with van der Waals surface area (Å²) < 4.78 is 287. The molecule has 0 aliphatic heterocycles. The molecule has 252 valence electrons. The minimum atomic E-state index is -8.30. The third-order valence-corrected chi connectivity index (χ3v) is 5.33. The molecular weight excluding hydrogens is 668 g/mol. The standard InChI is InChI=1S/C17H13F22NO2/c18-8(19,10(22,23)12(26,27)13(28,29)15(32,33)17(37,38)39)2-5-40(4-1-7(41)42)6-3-9(20,21)11(24,25)14(30,31)16(34,35)36/h1-6H2,(H,41,42). The molecular formula is C17H13F22NO2. The van der Waals surface area contributed by atoms with Crippen molar-refractivity contribution in [3.8, 4) is 0 Å². The van der Waals surface area contributed by atoms with E-state index in [9.17, 15) is 101 Å². The lowest BCUT2D eigenvalue weighted by atomic mass is 9.92. The van der Waals surface area contributed by atoms with E-state index in [-0.39, 0.29) is 0 Å². The summed E-state index contributed by atoms with van der Waals surface area (Å²) in [6, 6.07) is 0. The highest BCUT2D eigenvalue weighted by molar-refractivity contribution is 5.66. The molecule has 0 aliphatic carbocycles. The number of carbonyl (C=O) groups is 1. The van der Waals surface area contributed by atoms with Crippen molar-refractivity contribution in [2.24, 2.45) is 0 Å². The van der Waals surface area contributed by atoms with E-state index in [0.29, 0.717) is 0 Å². The second-order valence-corrected chi connectivity index (χ2v) is 8.34. The van der Waals surface area contributed by atoms with Gasteiger partial charge in [0.2, 0.25) is 0 Å². The van der Waals surface area contributed by atoms with Gasteiger partial charge in [-0.3, -0.25) is 4.79 Å². The topological polar surface area (TPSA) is 40.5 Å². The molecule has 0 saturated carbocycles. The van der Waals surface area contributed by atoms with Crippen molar-refractivity contribution < 1.29 is 106 Å². The van der Waals surface area contributed by atoms with E-state index in [0.717, 1.165) is 0 Å². The van der Waals surface area contributed by atoms with Gasteiger partial charge in [-0.15, -0.1) is 0 Å². The molecule has 0 rings (SSSR count). The van der Waals surface area contributed by atoms with Gasteiger partial charge in [-0.2, -0.15) is 96.6 Å². The Morgan fingerprint density at radius 3 is 0.976 bits per heavy atom. The number of nitrogens with zero attached hydrogens (tertiary/aromatic N) is 1. The third kappa shape index (κ3) is 6.83. The Kier molecular flexibility index (Phi) is 10.9. The molecule has 0 atom stereocenters. The van der Waals surface area contributed by atoms with E-state index < -0.39 is 109 Å². The Labute approximate surface area is 217 Å². The van der Waals surface area contributed by atoms with Gasteiger partial charge >= 0.3 is 65.7 Å². The number of hydrogen-bond acceptors (Lipinski definition) is 2. The third-order valence-electron chi connectivity index (χ3n) is 5.33. The van der Waals surface area contributed by atoms with Crippen LogP contribution >= 0.6 is 0 Å². The van der Waals surface area contributed by atoms with Crippen LogP contribution in [0, 0.1) is 0 Å². The molecule has 0 bridgehead atoms. The van der Waals surface area contributed by atoms with Crippen LogP contribution in [0.2, 0.25) is 0 Å². The largest absolute Gasteiger partial charge is 0.481 e. The van der Waals surface area contributed by atoms with Crippen molar-refractivity contribution >= 4 is 5.97 Å². The Bertz CT molecular complexity index is 936. The van der Waals surface area contributed by atoms with E-state index in [1.165, 1.54) is 0 Å². The average Bonchev–Trinajstić information content (AvgIpc) is 2.75. The van der Waals surface area contributed by atoms with Crippen LogP contribution < -0.4 is 0 Å². The van der Waals surface area contributed by atoms with Gasteiger partial charge in [0.05, 0.1) is 6.42 Å². The van der Waals surface area contributed by atoms with Gasteiger partial charge < -0.3 is 10.0 Å². The molecule has 0 fully saturated rings. The predicted octanol–water partition coefficient (Wildman–Crippen LogP) is 7.75. The molecule has 1 N–H and O–H groups in total. The smallest absolute Gasteiger partial charge is 0.460 e. The van der Waals surface area contributed by atoms with Crippen LogP contribution in [0.4, 0.5) is 96.6 Å². The van der Waals surface area contributed by atoms with E-state index in [1.54, 1.807) is 0 Å². The number of rotatable bonds is 15. The first kappa shape index (κ1) is 39.9. The Morgan fingerprint density at radius 2 is 0.690 bits per heavy atom. The maximum Gasteiger partial charge on any atom is 0.460 e. The summed E-state index contributed by atoms with van der Waals surface area (Å²) in [7, 11) is 0. The van der Waals surface area contributed by atoms with Gasteiger partial charge in [-0.05, 0) is 0 Å². The second-order valence-electron chi connectivity index (χ2n) is 8.34. The zero-order valence-corrected chi connectivity index (χ0v) is 19.4. The van der Waals surface area contributed by atoms with E-state index in [2.05, 4.69) is 0 Å². The molecule has 0 amide bonds. The number of halogens is 22. The van der Waals surface area contributed by atoms with Crippen LogP contribution in [0.15, 0.2) is 0 Å². The molecule has 0 saturated heterocycles. The van der Waals surface area contributed by atoms with E-state index >= 15 is 0 Å². The van der Waals surface area contributed by atoms with Crippen molar-refractivity contribution in [1.82, 2.24) is 4.90 Å². The maximum absolute atomic E-state index is 13.9. The van der Waals surface area contributed by atoms with Crippen molar-refractivity contribution in [3.63, 3.8) is 0 Å². The molecule has 0 aromatic carbocycles. The average molecular weight is 681 g/mol. The molecule has 0 unspecified atom stereocenters. The quantitative estimate of drug-likeness (QED) is 0.180. The van der Waals surface area contributed by atoms with Crippen LogP contribution in [-0.2, 0) is 4.79 Å².